The first-order valence-corrected chi connectivity index (χ1v) is 25.7. The molecule has 4 aromatic carbocycles. The molecule has 0 atom stereocenters. The van der Waals surface area contributed by atoms with Gasteiger partial charge in [0.25, 0.3) is 0 Å². The van der Waals surface area contributed by atoms with Crippen LogP contribution in [-0.2, 0) is 46.0 Å². The van der Waals surface area contributed by atoms with E-state index in [9.17, 15) is 16.8 Å². The fraction of sp³-hybridized carbons (Fsp3) is 0.347. The van der Waals surface area contributed by atoms with Gasteiger partial charge in [-0.05, 0) is 74.9 Å². The Kier molecular flexibility index (Phi) is 15.9. The monoisotopic (exact) mass is 932 g/mol. The Morgan fingerprint density at radius 2 is 1.00 bits per heavy atom. The van der Waals surface area contributed by atoms with Crippen LogP contribution in [0.2, 0.25) is 0 Å². The summed E-state index contributed by atoms with van der Waals surface area (Å²) in [6, 6.07) is 30.9. The Balaban J connectivity index is 0.000000197. The summed E-state index contributed by atoms with van der Waals surface area (Å²) in [5.74, 6) is 3.41. The highest BCUT2D eigenvalue weighted by Crippen LogP contribution is 2.31. The van der Waals surface area contributed by atoms with Crippen molar-refractivity contribution in [3.8, 4) is 5.75 Å². The zero-order valence-electron chi connectivity index (χ0n) is 37.9. The Labute approximate surface area is 387 Å². The molecule has 4 aromatic heterocycles. The molecule has 0 aliphatic carbocycles. The SMILES string of the molecule is CCCCc1nc2c(N)nc3ccccc3c2n1CCCCNS(=O)(=O)c1cccc(OC)c1.CCCCc1nc2c(N)nc3ccccc3c2n1CCCCNS(=O)(=O)c1ccccc1. The van der Waals surface area contributed by atoms with E-state index < -0.39 is 20.0 Å². The summed E-state index contributed by atoms with van der Waals surface area (Å²) in [6.07, 6.45) is 9.00. The van der Waals surface area contributed by atoms with Crippen molar-refractivity contribution in [2.45, 2.75) is 101 Å². The van der Waals surface area contributed by atoms with E-state index in [1.54, 1.807) is 48.5 Å². The summed E-state index contributed by atoms with van der Waals surface area (Å²) in [5, 5.41) is 2.07. The number of pyridine rings is 2. The number of nitrogens with two attached hydrogens (primary N) is 2. The molecule has 0 aliphatic rings. The number of imidazole rings is 2. The highest BCUT2D eigenvalue weighted by atomic mass is 32.2. The van der Waals surface area contributed by atoms with Crippen molar-refractivity contribution in [2.24, 2.45) is 0 Å². The predicted octanol–water partition coefficient (Wildman–Crippen LogP) is 8.54. The fourth-order valence-corrected chi connectivity index (χ4v) is 10.3. The van der Waals surface area contributed by atoms with E-state index in [-0.39, 0.29) is 9.79 Å². The highest BCUT2D eigenvalue weighted by Gasteiger charge is 2.20. The third kappa shape index (κ3) is 11.1. The molecular weight excluding hydrogens is 873 g/mol. The van der Waals surface area contributed by atoms with E-state index in [0.29, 0.717) is 36.9 Å². The number of nitrogen functional groups attached to an aromatic ring is 2. The summed E-state index contributed by atoms with van der Waals surface area (Å²) in [6.45, 7) is 6.53. The molecule has 8 aromatic rings. The van der Waals surface area contributed by atoms with Crippen molar-refractivity contribution < 1.29 is 21.6 Å². The number of hydrogen-bond donors (Lipinski definition) is 4. The fourth-order valence-electron chi connectivity index (χ4n) is 8.08. The second-order valence-electron chi connectivity index (χ2n) is 16.2. The largest absolute Gasteiger partial charge is 0.497 e. The van der Waals surface area contributed by atoms with Crippen LogP contribution in [0.5, 0.6) is 5.75 Å². The lowest BCUT2D eigenvalue weighted by molar-refractivity contribution is 0.413. The van der Waals surface area contributed by atoms with Gasteiger partial charge < -0.3 is 25.3 Å². The third-order valence-electron chi connectivity index (χ3n) is 11.5. The van der Waals surface area contributed by atoms with Crippen LogP contribution in [0.1, 0.15) is 76.9 Å². The molecule has 66 heavy (non-hydrogen) atoms. The maximum absolute atomic E-state index is 12.6. The van der Waals surface area contributed by atoms with Crippen molar-refractivity contribution in [3.63, 3.8) is 0 Å². The van der Waals surface area contributed by atoms with Crippen molar-refractivity contribution in [1.82, 2.24) is 38.5 Å². The molecule has 0 unspecified atom stereocenters. The quantitative estimate of drug-likeness (QED) is 0.0501. The van der Waals surface area contributed by atoms with Gasteiger partial charge in [0.2, 0.25) is 20.0 Å². The van der Waals surface area contributed by atoms with E-state index in [4.69, 9.17) is 26.2 Å². The Bertz CT molecular complexity index is 3140. The molecule has 17 heteroatoms. The normalized spacial score (nSPS) is 12.0. The van der Waals surface area contributed by atoms with Crippen molar-refractivity contribution in [3.05, 3.63) is 115 Å². The molecule has 0 spiro atoms. The van der Waals surface area contributed by atoms with Gasteiger partial charge in [-0.25, -0.2) is 46.2 Å². The van der Waals surface area contributed by atoms with Crippen LogP contribution < -0.4 is 25.6 Å². The summed E-state index contributed by atoms with van der Waals surface area (Å²) >= 11 is 0. The summed E-state index contributed by atoms with van der Waals surface area (Å²) < 4.78 is 65.1. The first kappa shape index (κ1) is 47.8. The van der Waals surface area contributed by atoms with Gasteiger partial charge in [0.1, 0.15) is 28.4 Å². The molecule has 0 fully saturated rings. The molecule has 15 nitrogen and oxygen atoms in total. The number of aryl methyl sites for hydroxylation is 4. The maximum atomic E-state index is 12.6. The van der Waals surface area contributed by atoms with Gasteiger partial charge in [-0.15, -0.1) is 0 Å². The number of fused-ring (bicyclic) bond motifs is 6. The molecule has 348 valence electrons. The molecule has 0 aliphatic heterocycles. The number of rotatable bonds is 21. The van der Waals surface area contributed by atoms with Gasteiger partial charge in [-0.2, -0.15) is 0 Å². The first-order valence-electron chi connectivity index (χ1n) is 22.7. The number of nitrogens with zero attached hydrogens (tertiary/aromatic N) is 6. The lowest BCUT2D eigenvalue weighted by atomic mass is 10.2. The molecule has 8 rings (SSSR count). The van der Waals surface area contributed by atoms with Crippen molar-refractivity contribution >= 4 is 75.6 Å². The van der Waals surface area contributed by atoms with E-state index in [1.807, 2.05) is 42.5 Å². The van der Waals surface area contributed by atoms with Crippen molar-refractivity contribution in [2.75, 3.05) is 31.7 Å². The average molecular weight is 933 g/mol. The number of sulfonamides is 2. The average Bonchev–Trinajstić information content (AvgIpc) is 3.89. The lowest BCUT2D eigenvalue weighted by Gasteiger charge is -2.12. The van der Waals surface area contributed by atoms with Gasteiger partial charge in [-0.1, -0.05) is 87.4 Å². The molecule has 0 amide bonds. The van der Waals surface area contributed by atoms with Crippen LogP contribution >= 0.6 is 0 Å². The van der Waals surface area contributed by atoms with E-state index >= 15 is 0 Å². The molecule has 4 heterocycles. The van der Waals surface area contributed by atoms with Crippen molar-refractivity contribution in [1.29, 1.82) is 0 Å². The number of unbranched alkanes of at least 4 members (excludes halogenated alkanes) is 4. The molecule has 0 saturated heterocycles. The third-order valence-corrected chi connectivity index (χ3v) is 14.4. The predicted molar refractivity (Wildman–Crippen MR) is 264 cm³/mol. The Morgan fingerprint density at radius 3 is 1.48 bits per heavy atom. The van der Waals surface area contributed by atoms with Crippen LogP contribution in [-0.4, -0.2) is 66.1 Å². The summed E-state index contributed by atoms with van der Waals surface area (Å²) in [7, 11) is -5.55. The number of aromatic nitrogens is 6. The number of benzene rings is 4. The Morgan fingerprint density at radius 1 is 0.545 bits per heavy atom. The van der Waals surface area contributed by atoms with Crippen LogP contribution in [0.4, 0.5) is 11.6 Å². The van der Waals surface area contributed by atoms with E-state index in [1.165, 1.54) is 13.2 Å². The van der Waals surface area contributed by atoms with Crippen LogP contribution in [0.25, 0.3) is 43.9 Å². The van der Waals surface area contributed by atoms with Gasteiger partial charge in [0, 0.05) is 55.9 Å². The number of methoxy groups -OCH3 is 1. The van der Waals surface area contributed by atoms with Crippen LogP contribution in [0.3, 0.4) is 0 Å². The molecule has 0 radical (unpaired) electrons. The lowest BCUT2D eigenvalue weighted by Crippen LogP contribution is -2.25. The number of anilines is 2. The zero-order chi connectivity index (χ0) is 46.7. The molecule has 0 bridgehead atoms. The minimum atomic E-state index is -3.59. The Hall–Kier alpha value is -6.14. The highest BCUT2D eigenvalue weighted by molar-refractivity contribution is 7.89. The van der Waals surface area contributed by atoms with Crippen LogP contribution in [0, 0.1) is 0 Å². The molecular formula is C49H60N10O5S2. The zero-order valence-corrected chi connectivity index (χ0v) is 39.5. The van der Waals surface area contributed by atoms with Gasteiger partial charge in [0.15, 0.2) is 11.6 Å². The summed E-state index contributed by atoms with van der Waals surface area (Å²) in [5.41, 5.74) is 17.7. The number of para-hydroxylation sites is 2. The number of ether oxygens (including phenoxy) is 1. The second-order valence-corrected chi connectivity index (χ2v) is 19.7. The number of nitrogens with one attached hydrogen (secondary N) is 2. The van der Waals surface area contributed by atoms with E-state index in [0.717, 1.165) is 126 Å². The topological polar surface area (TPSA) is 215 Å². The van der Waals surface area contributed by atoms with E-state index in [2.05, 4.69) is 48.5 Å². The van der Waals surface area contributed by atoms with Gasteiger partial charge >= 0.3 is 0 Å². The van der Waals surface area contributed by atoms with Gasteiger partial charge in [0.05, 0.1) is 39.0 Å². The smallest absolute Gasteiger partial charge is 0.240 e. The number of hydrogen-bond acceptors (Lipinski definition) is 11. The minimum Gasteiger partial charge on any atom is -0.497 e. The summed E-state index contributed by atoms with van der Waals surface area (Å²) in [4.78, 5) is 19.2. The minimum absolute atomic E-state index is 0.198. The van der Waals surface area contributed by atoms with Gasteiger partial charge in [-0.3, -0.25) is 0 Å². The maximum Gasteiger partial charge on any atom is 0.240 e. The molecule has 0 saturated carbocycles. The second kappa shape index (κ2) is 21.9. The van der Waals surface area contributed by atoms with Crippen LogP contribution in [0.15, 0.2) is 113 Å². The first-order chi connectivity index (χ1) is 32.0. The molecule has 6 N–H and O–H groups in total. The standard InChI is InChI=1S/C25H31N5O3S.C24H29N5O2S/c1-3-4-14-22-29-23-24(20-12-5-6-13-21(20)28-25(23)26)30(22)16-8-7-15-27-34(31,32)19-11-9-10-18(17-19)33-2;1-2-3-15-21-28-22-23(19-13-7-8-14-20(19)27-24(22)25)29(21)17-10-9-16-26-32(30,31)18-11-5-4-6-12-18/h5-6,9-13,17,27H,3-4,7-8,14-16H2,1-2H3,(H2,26,28);4-8,11-14,26H,2-3,9-10,15-17H2,1H3,(H2,25,27).